The Kier molecular flexibility index (Phi) is 3.51. The highest BCUT2D eigenvalue weighted by Crippen LogP contribution is 2.50. The molecule has 4 rings (SSSR count). The minimum atomic E-state index is -2.85. The highest BCUT2D eigenvalue weighted by Gasteiger charge is 2.60. The first-order valence-corrected chi connectivity index (χ1v) is 8.44. The molecule has 7 heteroatoms. The summed E-state index contributed by atoms with van der Waals surface area (Å²) >= 11 is 0. The minimum absolute atomic E-state index is 0.00680. The van der Waals surface area contributed by atoms with Gasteiger partial charge < -0.3 is 9.80 Å². The third-order valence-corrected chi connectivity index (χ3v) is 5.60. The molecule has 3 heterocycles. The number of halogens is 3. The number of nitrogens with zero attached hydrogens (tertiary/aromatic N) is 3. The molecule has 24 heavy (non-hydrogen) atoms. The highest BCUT2D eigenvalue weighted by molar-refractivity contribution is 5.81. The largest absolute Gasteiger partial charge is 0.353 e. The fourth-order valence-electron chi connectivity index (χ4n) is 3.97. The maximum Gasteiger partial charge on any atom is 0.258 e. The van der Waals surface area contributed by atoms with Gasteiger partial charge in [0.05, 0.1) is 5.41 Å². The molecule has 1 aromatic heterocycles. The second kappa shape index (κ2) is 5.36. The third kappa shape index (κ3) is 2.45. The Hall–Kier alpha value is -1.79. The Balaban J connectivity index is 1.57. The lowest BCUT2D eigenvalue weighted by molar-refractivity contribution is -0.169. The second-order valence-corrected chi connectivity index (χ2v) is 7.25. The van der Waals surface area contributed by atoms with Crippen LogP contribution >= 0.6 is 0 Å². The predicted octanol–water partition coefficient (Wildman–Crippen LogP) is 2.69. The molecular formula is C17H20F3N3O. The Morgan fingerprint density at radius 1 is 1.21 bits per heavy atom. The van der Waals surface area contributed by atoms with E-state index < -0.39 is 17.2 Å². The lowest BCUT2D eigenvalue weighted by Gasteiger charge is -2.46. The van der Waals surface area contributed by atoms with Gasteiger partial charge >= 0.3 is 0 Å². The van der Waals surface area contributed by atoms with Crippen LogP contribution in [-0.4, -0.2) is 47.9 Å². The molecule has 0 radical (unpaired) electrons. The molecule has 2 aliphatic heterocycles. The predicted molar refractivity (Wildman–Crippen MR) is 82.3 cm³/mol. The van der Waals surface area contributed by atoms with Gasteiger partial charge in [0.15, 0.2) is 11.6 Å². The van der Waals surface area contributed by atoms with Crippen LogP contribution in [-0.2, 0) is 4.79 Å². The highest BCUT2D eigenvalue weighted by atomic mass is 19.3. The van der Waals surface area contributed by atoms with Crippen LogP contribution in [0.15, 0.2) is 18.3 Å². The van der Waals surface area contributed by atoms with Gasteiger partial charge in [-0.15, -0.1) is 0 Å². The monoisotopic (exact) mass is 339 g/mol. The number of alkyl halides is 2. The number of hydrogen-bond acceptors (Lipinski definition) is 3. The summed E-state index contributed by atoms with van der Waals surface area (Å²) in [5, 5.41) is 0. The normalized spacial score (nSPS) is 29.3. The molecule has 0 unspecified atom stereocenters. The van der Waals surface area contributed by atoms with Crippen LogP contribution in [0.5, 0.6) is 0 Å². The Morgan fingerprint density at radius 2 is 2.00 bits per heavy atom. The summed E-state index contributed by atoms with van der Waals surface area (Å²) in [7, 11) is 0. The van der Waals surface area contributed by atoms with Gasteiger partial charge in [0.1, 0.15) is 0 Å². The van der Waals surface area contributed by atoms with Gasteiger partial charge in [-0.3, -0.25) is 4.79 Å². The van der Waals surface area contributed by atoms with Crippen LogP contribution in [0, 0.1) is 17.2 Å². The number of carbonyl (C=O) groups excluding carboxylic acids is 1. The third-order valence-electron chi connectivity index (χ3n) is 5.60. The molecule has 4 nitrogen and oxygen atoms in total. The van der Waals surface area contributed by atoms with Crippen molar-refractivity contribution in [3.63, 3.8) is 0 Å². The van der Waals surface area contributed by atoms with Crippen LogP contribution in [0.2, 0.25) is 0 Å². The standard InChI is InChI=1S/C17H20F3N3O/c18-13-2-1-7-21-14(13)22-8-5-16(10-22)11-23(9-6-17(16,19)20)15(24)12-3-4-12/h1-2,7,12H,3-6,8-11H2/t16-/m1/s1. The topological polar surface area (TPSA) is 36.4 Å². The van der Waals surface area contributed by atoms with E-state index in [1.165, 1.54) is 18.3 Å². The first-order chi connectivity index (χ1) is 11.4. The van der Waals surface area contributed by atoms with Gasteiger partial charge in [-0.1, -0.05) is 0 Å². The number of piperidine rings is 1. The van der Waals surface area contributed by atoms with E-state index in [1.807, 2.05) is 0 Å². The number of carbonyl (C=O) groups is 1. The Morgan fingerprint density at radius 3 is 2.71 bits per heavy atom. The zero-order valence-corrected chi connectivity index (χ0v) is 13.4. The fourth-order valence-corrected chi connectivity index (χ4v) is 3.97. The lowest BCUT2D eigenvalue weighted by atomic mass is 9.75. The van der Waals surface area contributed by atoms with Gasteiger partial charge in [-0.05, 0) is 31.4 Å². The van der Waals surface area contributed by atoms with Crippen molar-refractivity contribution < 1.29 is 18.0 Å². The summed E-state index contributed by atoms with van der Waals surface area (Å²) in [6.45, 7) is 0.527. The SMILES string of the molecule is O=C(C1CC1)N1CCC(F)(F)[C@@]2(CCN(c3ncccc3F)C2)C1. The van der Waals surface area contributed by atoms with Crippen molar-refractivity contribution in [3.05, 3.63) is 24.1 Å². The smallest absolute Gasteiger partial charge is 0.258 e. The van der Waals surface area contributed by atoms with Crippen LogP contribution in [0.25, 0.3) is 0 Å². The average Bonchev–Trinajstić information content (AvgIpc) is 3.31. The van der Waals surface area contributed by atoms with Crippen LogP contribution in [0.4, 0.5) is 19.0 Å². The number of hydrogen-bond donors (Lipinski definition) is 0. The Bertz CT molecular complexity index is 664. The van der Waals surface area contributed by atoms with E-state index in [0.29, 0.717) is 6.54 Å². The van der Waals surface area contributed by atoms with Gasteiger partial charge in [-0.25, -0.2) is 18.2 Å². The first-order valence-electron chi connectivity index (χ1n) is 8.44. The summed E-state index contributed by atoms with van der Waals surface area (Å²) in [5.41, 5.74) is -1.31. The zero-order chi connectivity index (χ0) is 16.9. The molecule has 2 saturated heterocycles. The molecule has 1 aromatic rings. The second-order valence-electron chi connectivity index (χ2n) is 7.25. The summed E-state index contributed by atoms with van der Waals surface area (Å²) in [4.78, 5) is 19.5. The quantitative estimate of drug-likeness (QED) is 0.831. The molecule has 1 aliphatic carbocycles. The van der Waals surface area contributed by atoms with Crippen molar-refractivity contribution in [2.75, 3.05) is 31.1 Å². The summed E-state index contributed by atoms with van der Waals surface area (Å²) in [6.07, 6.45) is 3.12. The number of anilines is 1. The van der Waals surface area contributed by atoms with Crippen molar-refractivity contribution in [3.8, 4) is 0 Å². The lowest BCUT2D eigenvalue weighted by Crippen LogP contribution is -2.58. The van der Waals surface area contributed by atoms with Crippen molar-refractivity contribution in [1.29, 1.82) is 0 Å². The van der Waals surface area contributed by atoms with E-state index in [0.717, 1.165) is 12.8 Å². The number of rotatable bonds is 2. The molecule has 130 valence electrons. The summed E-state index contributed by atoms with van der Waals surface area (Å²) in [6, 6.07) is 2.77. The van der Waals surface area contributed by atoms with E-state index in [2.05, 4.69) is 4.98 Å². The van der Waals surface area contributed by atoms with Gasteiger partial charge in [0.2, 0.25) is 5.91 Å². The van der Waals surface area contributed by atoms with Crippen molar-refractivity contribution in [1.82, 2.24) is 9.88 Å². The molecule has 3 fully saturated rings. The average molecular weight is 339 g/mol. The fraction of sp³-hybridized carbons (Fsp3) is 0.647. The number of pyridine rings is 1. The summed E-state index contributed by atoms with van der Waals surface area (Å²) < 4.78 is 43.4. The number of likely N-dealkylation sites (tertiary alicyclic amines) is 1. The zero-order valence-electron chi connectivity index (χ0n) is 13.4. The van der Waals surface area contributed by atoms with E-state index in [9.17, 15) is 18.0 Å². The van der Waals surface area contributed by atoms with Crippen LogP contribution in [0.3, 0.4) is 0 Å². The van der Waals surface area contributed by atoms with Crippen molar-refractivity contribution in [2.45, 2.75) is 31.6 Å². The Labute approximate surface area is 138 Å². The van der Waals surface area contributed by atoms with Crippen molar-refractivity contribution in [2.24, 2.45) is 11.3 Å². The molecule has 1 amide bonds. The number of amides is 1. The van der Waals surface area contributed by atoms with Gasteiger partial charge in [-0.2, -0.15) is 0 Å². The molecular weight excluding hydrogens is 319 g/mol. The molecule has 0 bridgehead atoms. The molecule has 0 aromatic carbocycles. The molecule has 1 spiro atoms. The molecule has 1 saturated carbocycles. The molecule has 3 aliphatic rings. The molecule has 1 atom stereocenters. The van der Waals surface area contributed by atoms with E-state index in [1.54, 1.807) is 9.80 Å². The number of aromatic nitrogens is 1. The first kappa shape index (κ1) is 15.7. The van der Waals surface area contributed by atoms with E-state index >= 15 is 0 Å². The van der Waals surface area contributed by atoms with E-state index in [-0.39, 0.29) is 50.1 Å². The maximum atomic E-state index is 14.7. The maximum absolute atomic E-state index is 14.7. The van der Waals surface area contributed by atoms with Crippen LogP contribution in [0.1, 0.15) is 25.7 Å². The van der Waals surface area contributed by atoms with Gasteiger partial charge in [0.25, 0.3) is 5.92 Å². The minimum Gasteiger partial charge on any atom is -0.353 e. The van der Waals surface area contributed by atoms with Crippen molar-refractivity contribution >= 4 is 11.7 Å². The van der Waals surface area contributed by atoms with Gasteiger partial charge in [0, 0.05) is 44.7 Å². The van der Waals surface area contributed by atoms with Crippen LogP contribution < -0.4 is 4.90 Å². The molecule has 0 N–H and O–H groups in total. The summed E-state index contributed by atoms with van der Waals surface area (Å²) in [5.74, 6) is -3.20. The van der Waals surface area contributed by atoms with E-state index in [4.69, 9.17) is 0 Å².